The van der Waals surface area contributed by atoms with Crippen LogP contribution in [0.25, 0.3) is 0 Å². The minimum atomic E-state index is -4.72. The predicted octanol–water partition coefficient (Wildman–Crippen LogP) is 9.86. The molecule has 1 unspecified atom stereocenters. The lowest BCUT2D eigenvalue weighted by molar-refractivity contribution is -0.870. The first-order valence-corrected chi connectivity index (χ1v) is 25.1. The number of esters is 2. The fourth-order valence-corrected chi connectivity index (χ4v) is 6.64. The fraction of sp³-hybridized carbons (Fsp3) is 0.680. The van der Waals surface area contributed by atoms with Crippen molar-refractivity contribution in [2.75, 3.05) is 47.5 Å². The summed E-state index contributed by atoms with van der Waals surface area (Å²) >= 11 is 0. The van der Waals surface area contributed by atoms with Gasteiger partial charge in [-0.3, -0.25) is 14.2 Å². The Balaban J connectivity index is 4.63. The summed E-state index contributed by atoms with van der Waals surface area (Å²) in [4.78, 5) is 37.7. The van der Waals surface area contributed by atoms with Gasteiger partial charge in [-0.1, -0.05) is 157 Å². The number of quaternary nitrogens is 1. The number of rotatable bonds is 41. The second-order valence-electron chi connectivity index (χ2n) is 17.0. The second kappa shape index (κ2) is 40.6. The normalized spacial score (nSPS) is 15.8. The van der Waals surface area contributed by atoms with Gasteiger partial charge in [0.2, 0.25) is 0 Å². The van der Waals surface area contributed by atoms with Crippen molar-refractivity contribution in [3.63, 3.8) is 0 Å². The summed E-state index contributed by atoms with van der Waals surface area (Å²) in [5.41, 5.74) is 0. The van der Waals surface area contributed by atoms with E-state index in [1.54, 1.807) is 42.5 Å². The van der Waals surface area contributed by atoms with Gasteiger partial charge in [0.1, 0.15) is 19.8 Å². The molecule has 0 spiro atoms. The van der Waals surface area contributed by atoms with Crippen LogP contribution in [0, 0.1) is 0 Å². The third kappa shape index (κ3) is 42.8. The van der Waals surface area contributed by atoms with E-state index in [0.29, 0.717) is 23.9 Å². The molecule has 13 heteroatoms. The Kier molecular flexibility index (Phi) is 38.7. The van der Waals surface area contributed by atoms with Crippen LogP contribution in [0.4, 0.5) is 0 Å². The molecular weight excluding hydrogens is 822 g/mol. The van der Waals surface area contributed by atoms with Crippen LogP contribution in [0.3, 0.4) is 0 Å². The van der Waals surface area contributed by atoms with E-state index in [1.807, 2.05) is 40.2 Å². The average Bonchev–Trinajstić information content (AvgIpc) is 3.23. The van der Waals surface area contributed by atoms with Gasteiger partial charge >= 0.3 is 11.9 Å². The molecule has 0 aliphatic heterocycles. The maximum Gasteiger partial charge on any atom is 0.306 e. The molecule has 0 fully saturated rings. The van der Waals surface area contributed by atoms with Crippen LogP contribution in [0.2, 0.25) is 0 Å². The van der Waals surface area contributed by atoms with Gasteiger partial charge in [-0.05, 0) is 64.2 Å². The van der Waals surface area contributed by atoms with Gasteiger partial charge in [-0.25, -0.2) is 0 Å². The first-order chi connectivity index (χ1) is 30.2. The summed E-state index contributed by atoms with van der Waals surface area (Å²) in [6, 6.07) is 0. The quantitative estimate of drug-likeness (QED) is 0.0133. The molecule has 3 N–H and O–H groups in total. The summed E-state index contributed by atoms with van der Waals surface area (Å²) in [6.45, 7) is 3.60. The SMILES string of the molecule is CC/C=C\C[C@@H](O)/C=C/C=C/C=C\C=C/[C@H](O)[C@@H](O)CCCC(=O)OC[C@H](COP(=O)([O-])OCC[N+](C)(C)C)OC(=O)CCCCCCCCCCC/C=C\C/C=C\CCCCC. The van der Waals surface area contributed by atoms with Crippen molar-refractivity contribution in [2.24, 2.45) is 0 Å². The Morgan fingerprint density at radius 3 is 1.84 bits per heavy atom. The van der Waals surface area contributed by atoms with Gasteiger partial charge in [0.15, 0.2) is 6.10 Å². The Labute approximate surface area is 381 Å². The average molecular weight is 908 g/mol. The predicted molar refractivity (Wildman–Crippen MR) is 254 cm³/mol. The number of carbonyl (C=O) groups is 2. The Bertz CT molecular complexity index is 1400. The lowest BCUT2D eigenvalue weighted by atomic mass is 10.1. The molecule has 0 heterocycles. The first kappa shape index (κ1) is 60.1. The second-order valence-corrected chi connectivity index (χ2v) is 18.4. The van der Waals surface area contributed by atoms with Crippen molar-refractivity contribution in [1.82, 2.24) is 0 Å². The number of carbonyl (C=O) groups excluding carboxylic acids is 2. The molecule has 0 aliphatic carbocycles. The molecule has 5 atom stereocenters. The number of aliphatic hydroxyl groups is 3. The highest BCUT2D eigenvalue weighted by molar-refractivity contribution is 7.45. The number of nitrogens with zero attached hydrogens (tertiary/aromatic N) is 1. The number of unbranched alkanes of at least 4 members (excludes halogenated alkanes) is 12. The number of ether oxygens (including phenoxy) is 2. The third-order valence-corrected chi connectivity index (χ3v) is 10.7. The van der Waals surface area contributed by atoms with Crippen molar-refractivity contribution < 1.29 is 57.4 Å². The van der Waals surface area contributed by atoms with Crippen LogP contribution in [0.1, 0.15) is 149 Å². The van der Waals surface area contributed by atoms with E-state index < -0.39 is 57.4 Å². The molecule has 63 heavy (non-hydrogen) atoms. The summed E-state index contributed by atoms with van der Waals surface area (Å²) in [5.74, 6) is -1.18. The van der Waals surface area contributed by atoms with Crippen molar-refractivity contribution in [3.8, 4) is 0 Å². The summed E-state index contributed by atoms with van der Waals surface area (Å²) in [7, 11) is 0.959. The topological polar surface area (TPSA) is 172 Å². The molecule has 0 rings (SSSR count). The minimum Gasteiger partial charge on any atom is -0.756 e. The van der Waals surface area contributed by atoms with Crippen LogP contribution in [0.5, 0.6) is 0 Å². The Morgan fingerprint density at radius 2 is 1.22 bits per heavy atom. The summed E-state index contributed by atoms with van der Waals surface area (Å²) in [6.07, 6.45) is 41.2. The molecule has 0 aromatic rings. The summed E-state index contributed by atoms with van der Waals surface area (Å²) in [5, 5.41) is 30.5. The number of likely N-dealkylation sites (N-methyl/N-ethyl adjacent to an activating group) is 1. The largest absolute Gasteiger partial charge is 0.756 e. The van der Waals surface area contributed by atoms with Crippen molar-refractivity contribution in [1.29, 1.82) is 0 Å². The van der Waals surface area contributed by atoms with E-state index in [-0.39, 0.29) is 32.3 Å². The minimum absolute atomic E-state index is 0.0836. The van der Waals surface area contributed by atoms with Gasteiger partial charge in [-0.15, -0.1) is 0 Å². The molecule has 0 radical (unpaired) electrons. The van der Waals surface area contributed by atoms with Crippen molar-refractivity contribution >= 4 is 19.8 Å². The molecule has 0 saturated carbocycles. The molecule has 0 aromatic carbocycles. The summed E-state index contributed by atoms with van der Waals surface area (Å²) < 4.78 is 33.7. The van der Waals surface area contributed by atoms with Crippen molar-refractivity contribution in [3.05, 3.63) is 85.1 Å². The molecule has 0 amide bonds. The standard InChI is InChI=1S/C50H86NO11P/c1-6-8-10-11-12-13-14-15-16-17-18-19-20-21-22-23-24-29-33-39-50(56)62-46(44-61-63(57,58)60-42-41-51(3,4)5)43-59-49(55)40-34-38-48(54)47(53)37-32-28-26-25-27-31-36-45(52)35-30-9-7-2/h9,12-13,15-16,25-28,30-32,36-37,45-48,52-54H,6-8,10-11,14,17-24,29,33-35,38-44H2,1-5H3/b13-12-,16-15-,27-25+,28-26-,30-9-,36-31+,37-32-/t45-,46-,47+,48+/m1/s1. The van der Waals surface area contributed by atoms with Gasteiger partial charge < -0.3 is 43.2 Å². The highest BCUT2D eigenvalue weighted by Gasteiger charge is 2.22. The molecule has 0 bridgehead atoms. The van der Waals surface area contributed by atoms with E-state index in [4.69, 9.17) is 18.5 Å². The van der Waals surface area contributed by atoms with Gasteiger partial charge in [-0.2, -0.15) is 0 Å². The van der Waals surface area contributed by atoms with E-state index >= 15 is 0 Å². The molecule has 0 aromatic heterocycles. The molecule has 12 nitrogen and oxygen atoms in total. The fourth-order valence-electron chi connectivity index (χ4n) is 5.91. The number of hydrogen-bond donors (Lipinski definition) is 3. The van der Waals surface area contributed by atoms with E-state index in [0.717, 1.165) is 44.9 Å². The zero-order chi connectivity index (χ0) is 46.9. The Hall–Kier alpha value is -2.93. The maximum atomic E-state index is 12.7. The zero-order valence-electron chi connectivity index (χ0n) is 39.6. The highest BCUT2D eigenvalue weighted by Crippen LogP contribution is 2.38. The van der Waals surface area contributed by atoms with Gasteiger partial charge in [0.05, 0.1) is 46.1 Å². The van der Waals surface area contributed by atoms with Gasteiger partial charge in [0.25, 0.3) is 7.82 Å². The zero-order valence-corrected chi connectivity index (χ0v) is 40.5. The van der Waals surface area contributed by atoms with Crippen LogP contribution in [-0.2, 0) is 32.7 Å². The number of allylic oxidation sites excluding steroid dienone is 11. The third-order valence-electron chi connectivity index (χ3n) is 9.74. The molecule has 0 aliphatic rings. The molecule has 362 valence electrons. The first-order valence-electron chi connectivity index (χ1n) is 23.6. The lowest BCUT2D eigenvalue weighted by Gasteiger charge is -2.28. The number of phosphoric acid groups is 1. The lowest BCUT2D eigenvalue weighted by Crippen LogP contribution is -2.37. The van der Waals surface area contributed by atoms with Crippen LogP contribution in [-0.4, -0.2) is 104 Å². The molecule has 0 saturated heterocycles. The number of phosphoric ester groups is 1. The maximum absolute atomic E-state index is 12.7. The monoisotopic (exact) mass is 908 g/mol. The van der Waals surface area contributed by atoms with E-state index in [9.17, 15) is 34.4 Å². The highest BCUT2D eigenvalue weighted by atomic mass is 31.2. The number of aliphatic hydroxyl groups excluding tert-OH is 3. The van der Waals surface area contributed by atoms with E-state index in [1.165, 1.54) is 57.4 Å². The van der Waals surface area contributed by atoms with Gasteiger partial charge in [0, 0.05) is 12.8 Å². The van der Waals surface area contributed by atoms with Crippen molar-refractivity contribution in [2.45, 2.75) is 173 Å². The smallest absolute Gasteiger partial charge is 0.306 e. The van der Waals surface area contributed by atoms with Crippen LogP contribution < -0.4 is 4.89 Å². The molecular formula is C50H86NO11P. The van der Waals surface area contributed by atoms with E-state index in [2.05, 4.69) is 31.2 Å². The van der Waals surface area contributed by atoms with Crippen LogP contribution in [0.15, 0.2) is 85.1 Å². The number of hydrogen-bond acceptors (Lipinski definition) is 11. The Morgan fingerprint density at radius 1 is 0.651 bits per heavy atom. The van der Waals surface area contributed by atoms with Crippen LogP contribution >= 0.6 is 7.82 Å².